The van der Waals surface area contributed by atoms with Gasteiger partial charge in [0, 0.05) is 17.8 Å². The molecule has 0 spiro atoms. The van der Waals surface area contributed by atoms with E-state index in [4.69, 9.17) is 0 Å². The Hall–Kier alpha value is -1.65. The smallest absolute Gasteiger partial charge is 0.265 e. The SMILES string of the molecule is C[C@H]1CCCN1C1CC[C@H](c2ccc(NC(=O)c3cccs3)cc2)C1. The molecule has 4 rings (SSSR count). The van der Waals surface area contributed by atoms with Crippen LogP contribution in [0, 0.1) is 0 Å². The minimum Gasteiger partial charge on any atom is -0.321 e. The molecule has 1 aromatic heterocycles. The zero-order valence-electron chi connectivity index (χ0n) is 14.8. The molecule has 1 amide bonds. The molecule has 2 heterocycles. The summed E-state index contributed by atoms with van der Waals surface area (Å²) in [5.41, 5.74) is 2.30. The lowest BCUT2D eigenvalue weighted by Gasteiger charge is -2.28. The predicted molar refractivity (Wildman–Crippen MR) is 104 cm³/mol. The van der Waals surface area contributed by atoms with Gasteiger partial charge in [0.15, 0.2) is 0 Å². The topological polar surface area (TPSA) is 32.3 Å². The molecule has 3 atom stereocenters. The monoisotopic (exact) mass is 354 g/mol. The molecule has 1 unspecified atom stereocenters. The summed E-state index contributed by atoms with van der Waals surface area (Å²) < 4.78 is 0. The van der Waals surface area contributed by atoms with Crippen LogP contribution >= 0.6 is 11.3 Å². The molecular weight excluding hydrogens is 328 g/mol. The van der Waals surface area contributed by atoms with Gasteiger partial charge in [-0.15, -0.1) is 11.3 Å². The van der Waals surface area contributed by atoms with Crippen LogP contribution < -0.4 is 5.32 Å². The largest absolute Gasteiger partial charge is 0.321 e. The van der Waals surface area contributed by atoms with Gasteiger partial charge in [-0.2, -0.15) is 0 Å². The van der Waals surface area contributed by atoms with Crippen LogP contribution in [0.3, 0.4) is 0 Å². The average molecular weight is 355 g/mol. The lowest BCUT2D eigenvalue weighted by Crippen LogP contribution is -2.35. The van der Waals surface area contributed by atoms with Crippen molar-refractivity contribution < 1.29 is 4.79 Å². The lowest BCUT2D eigenvalue weighted by molar-refractivity contribution is 0.103. The molecule has 4 heteroatoms. The molecule has 1 aliphatic heterocycles. The number of thiophene rings is 1. The van der Waals surface area contributed by atoms with Crippen molar-refractivity contribution in [2.24, 2.45) is 0 Å². The van der Waals surface area contributed by atoms with E-state index in [1.54, 1.807) is 0 Å². The number of carbonyl (C=O) groups is 1. The van der Waals surface area contributed by atoms with Crippen LogP contribution in [0.1, 0.15) is 60.2 Å². The van der Waals surface area contributed by atoms with Crippen LogP contribution in [0.2, 0.25) is 0 Å². The van der Waals surface area contributed by atoms with E-state index in [0.29, 0.717) is 5.92 Å². The fraction of sp³-hybridized carbons (Fsp3) is 0.476. The number of hydrogen-bond acceptors (Lipinski definition) is 3. The highest BCUT2D eigenvalue weighted by Crippen LogP contribution is 2.39. The van der Waals surface area contributed by atoms with Gasteiger partial charge >= 0.3 is 0 Å². The summed E-state index contributed by atoms with van der Waals surface area (Å²) in [6.07, 6.45) is 6.62. The van der Waals surface area contributed by atoms with Gasteiger partial charge in [-0.1, -0.05) is 18.2 Å². The van der Waals surface area contributed by atoms with E-state index in [0.717, 1.165) is 22.6 Å². The molecule has 1 N–H and O–H groups in total. The number of nitrogens with one attached hydrogen (secondary N) is 1. The highest BCUT2D eigenvalue weighted by molar-refractivity contribution is 7.12. The van der Waals surface area contributed by atoms with E-state index < -0.39 is 0 Å². The van der Waals surface area contributed by atoms with Crippen LogP contribution in [0.25, 0.3) is 0 Å². The number of benzene rings is 1. The molecule has 0 radical (unpaired) electrons. The van der Waals surface area contributed by atoms with E-state index >= 15 is 0 Å². The van der Waals surface area contributed by atoms with Crippen molar-refractivity contribution >= 4 is 22.9 Å². The van der Waals surface area contributed by atoms with Gasteiger partial charge in [0.1, 0.15) is 0 Å². The van der Waals surface area contributed by atoms with Gasteiger partial charge in [0.2, 0.25) is 0 Å². The van der Waals surface area contributed by atoms with Gasteiger partial charge < -0.3 is 5.32 Å². The Kier molecular flexibility index (Phi) is 4.91. The fourth-order valence-corrected chi connectivity index (χ4v) is 5.12. The zero-order valence-corrected chi connectivity index (χ0v) is 15.6. The van der Waals surface area contributed by atoms with Crippen LogP contribution in [0.5, 0.6) is 0 Å². The number of hydrogen-bond donors (Lipinski definition) is 1. The van der Waals surface area contributed by atoms with E-state index in [9.17, 15) is 4.79 Å². The molecule has 1 aliphatic carbocycles. The first kappa shape index (κ1) is 16.8. The van der Waals surface area contributed by atoms with Crippen LogP contribution in [0.4, 0.5) is 5.69 Å². The molecule has 3 nitrogen and oxygen atoms in total. The summed E-state index contributed by atoms with van der Waals surface area (Å²) in [4.78, 5) is 15.6. The summed E-state index contributed by atoms with van der Waals surface area (Å²) in [6.45, 7) is 3.66. The van der Waals surface area contributed by atoms with E-state index in [1.165, 1.54) is 55.5 Å². The molecule has 25 heavy (non-hydrogen) atoms. The second-order valence-electron chi connectivity index (χ2n) is 7.45. The quantitative estimate of drug-likeness (QED) is 0.826. The number of rotatable bonds is 4. The first-order valence-corrected chi connectivity index (χ1v) is 10.3. The first-order chi connectivity index (χ1) is 12.2. The summed E-state index contributed by atoms with van der Waals surface area (Å²) in [6, 6.07) is 13.8. The molecule has 1 aromatic carbocycles. The Morgan fingerprint density at radius 1 is 1.16 bits per heavy atom. The van der Waals surface area contributed by atoms with E-state index in [2.05, 4.69) is 29.3 Å². The maximum atomic E-state index is 12.1. The van der Waals surface area contributed by atoms with Crippen molar-refractivity contribution in [3.8, 4) is 0 Å². The van der Waals surface area contributed by atoms with Crippen molar-refractivity contribution in [2.75, 3.05) is 11.9 Å². The van der Waals surface area contributed by atoms with Crippen LogP contribution in [-0.2, 0) is 0 Å². The first-order valence-electron chi connectivity index (χ1n) is 9.41. The van der Waals surface area contributed by atoms with Gasteiger partial charge in [-0.05, 0) is 80.6 Å². The second kappa shape index (κ2) is 7.30. The molecule has 2 fully saturated rings. The Labute approximate surface area is 154 Å². The molecule has 1 saturated heterocycles. The Morgan fingerprint density at radius 3 is 2.68 bits per heavy atom. The summed E-state index contributed by atoms with van der Waals surface area (Å²) >= 11 is 1.47. The van der Waals surface area contributed by atoms with Crippen LogP contribution in [0.15, 0.2) is 41.8 Å². The summed E-state index contributed by atoms with van der Waals surface area (Å²) in [5, 5.41) is 4.91. The van der Waals surface area contributed by atoms with E-state index in [1.807, 2.05) is 29.6 Å². The predicted octanol–water partition coefficient (Wildman–Crippen LogP) is 5.12. The third-order valence-corrected chi connectivity index (χ3v) is 6.73. The molecular formula is C21H26N2OS. The Morgan fingerprint density at radius 2 is 2.00 bits per heavy atom. The lowest BCUT2D eigenvalue weighted by atomic mass is 9.97. The van der Waals surface area contributed by atoms with E-state index in [-0.39, 0.29) is 5.91 Å². The fourth-order valence-electron chi connectivity index (χ4n) is 4.50. The highest BCUT2D eigenvalue weighted by Gasteiger charge is 2.34. The molecule has 2 aromatic rings. The zero-order chi connectivity index (χ0) is 17.2. The second-order valence-corrected chi connectivity index (χ2v) is 8.39. The van der Waals surface area contributed by atoms with Gasteiger partial charge in [-0.25, -0.2) is 0 Å². The Bertz CT molecular complexity index is 710. The highest BCUT2D eigenvalue weighted by atomic mass is 32.1. The number of likely N-dealkylation sites (tertiary alicyclic amines) is 1. The maximum absolute atomic E-state index is 12.1. The number of amides is 1. The molecule has 1 saturated carbocycles. The summed E-state index contributed by atoms with van der Waals surface area (Å²) in [5.74, 6) is 0.645. The van der Waals surface area contributed by atoms with Crippen molar-refractivity contribution in [3.63, 3.8) is 0 Å². The van der Waals surface area contributed by atoms with Crippen molar-refractivity contribution in [1.82, 2.24) is 4.90 Å². The maximum Gasteiger partial charge on any atom is 0.265 e. The van der Waals surface area contributed by atoms with Gasteiger partial charge in [0.05, 0.1) is 4.88 Å². The van der Waals surface area contributed by atoms with Crippen molar-refractivity contribution in [2.45, 2.75) is 57.0 Å². The minimum absolute atomic E-state index is 0.0216. The van der Waals surface area contributed by atoms with Crippen molar-refractivity contribution in [1.29, 1.82) is 0 Å². The Balaban J connectivity index is 1.37. The molecule has 0 bridgehead atoms. The third-order valence-electron chi connectivity index (χ3n) is 5.86. The standard InChI is InChI=1S/C21H26N2OS/c1-15-4-2-12-23(15)19-11-8-17(14-19)16-6-9-18(10-7-16)22-21(24)20-5-3-13-25-20/h3,5-7,9-10,13,15,17,19H,2,4,8,11-12,14H2,1H3,(H,22,24)/t15-,17-,19?/m0/s1. The number of carbonyl (C=O) groups excluding carboxylic acids is 1. The molecule has 132 valence electrons. The molecule has 2 aliphatic rings. The normalized spacial score (nSPS) is 26.8. The van der Waals surface area contributed by atoms with Gasteiger partial charge in [0.25, 0.3) is 5.91 Å². The number of nitrogens with zero attached hydrogens (tertiary/aromatic N) is 1. The third kappa shape index (κ3) is 3.65. The minimum atomic E-state index is -0.0216. The van der Waals surface area contributed by atoms with Crippen LogP contribution in [-0.4, -0.2) is 29.4 Å². The number of anilines is 1. The average Bonchev–Trinajstić information content (AvgIpc) is 3.37. The van der Waals surface area contributed by atoms with Gasteiger partial charge in [-0.3, -0.25) is 9.69 Å². The van der Waals surface area contributed by atoms with Crippen molar-refractivity contribution in [3.05, 3.63) is 52.2 Å². The summed E-state index contributed by atoms with van der Waals surface area (Å²) in [7, 11) is 0.